The second-order valence-electron chi connectivity index (χ2n) is 7.31. The number of Topliss-reactive ketones (excluding diaryl/α,β-unsaturated/α-hetero) is 1. The first-order valence-electron chi connectivity index (χ1n) is 9.55. The zero-order chi connectivity index (χ0) is 20.3. The predicted molar refractivity (Wildman–Crippen MR) is 105 cm³/mol. The largest absolute Gasteiger partial charge is 0.494 e. The van der Waals surface area contributed by atoms with Crippen LogP contribution >= 0.6 is 0 Å². The topological polar surface area (TPSA) is 92.3 Å². The van der Waals surface area contributed by atoms with Gasteiger partial charge >= 0.3 is 0 Å². The summed E-state index contributed by atoms with van der Waals surface area (Å²) in [6.45, 7) is 3.15. The summed E-state index contributed by atoms with van der Waals surface area (Å²) in [6, 6.07) is 9.02. The fraction of sp³-hybridized carbons (Fsp3) is 0.409. The van der Waals surface area contributed by atoms with E-state index in [1.807, 2.05) is 31.2 Å². The number of hydrogen-bond acceptors (Lipinski definition) is 5. The summed E-state index contributed by atoms with van der Waals surface area (Å²) in [5, 5.41) is 20.3. The summed E-state index contributed by atoms with van der Waals surface area (Å²) in [6.07, 6.45) is 4.47. The third-order valence-corrected chi connectivity index (χ3v) is 5.32. The van der Waals surface area contributed by atoms with E-state index in [4.69, 9.17) is 4.74 Å². The fourth-order valence-electron chi connectivity index (χ4n) is 3.86. The van der Waals surface area contributed by atoms with Crippen molar-refractivity contribution in [1.82, 2.24) is 4.57 Å². The SMILES string of the molecule is Cc1cccc(OCC(=O)c2c(C)c(C#N)c(=O)n(C3CCCCC3)c2O)c1. The molecule has 0 saturated heterocycles. The van der Waals surface area contributed by atoms with E-state index in [1.165, 1.54) is 11.5 Å². The number of aromatic nitrogens is 1. The standard InChI is InChI=1S/C22H24N2O4/c1-14-7-6-10-17(11-14)28-13-19(25)20-15(2)18(12-23)21(26)24(22(20)27)16-8-4-3-5-9-16/h6-7,10-11,16,27H,3-5,8-9,13H2,1-2H3. The monoisotopic (exact) mass is 380 g/mol. The molecule has 0 radical (unpaired) electrons. The Morgan fingerprint density at radius 3 is 2.64 bits per heavy atom. The van der Waals surface area contributed by atoms with Crippen molar-refractivity contribution in [3.8, 4) is 17.7 Å². The van der Waals surface area contributed by atoms with Crippen molar-refractivity contribution in [2.24, 2.45) is 0 Å². The van der Waals surface area contributed by atoms with Crippen molar-refractivity contribution in [3.05, 3.63) is 56.9 Å². The van der Waals surface area contributed by atoms with Crippen molar-refractivity contribution >= 4 is 5.78 Å². The minimum absolute atomic E-state index is 0.00521. The van der Waals surface area contributed by atoms with Crippen LogP contribution in [0.2, 0.25) is 0 Å². The number of ether oxygens (including phenoxy) is 1. The molecular weight excluding hydrogens is 356 g/mol. The Morgan fingerprint density at radius 2 is 2.00 bits per heavy atom. The van der Waals surface area contributed by atoms with Crippen molar-refractivity contribution in [3.63, 3.8) is 0 Å². The van der Waals surface area contributed by atoms with Crippen LogP contribution in [-0.4, -0.2) is 22.1 Å². The van der Waals surface area contributed by atoms with E-state index in [-0.39, 0.29) is 35.2 Å². The van der Waals surface area contributed by atoms with Crippen molar-refractivity contribution in [1.29, 1.82) is 5.26 Å². The molecule has 146 valence electrons. The number of carbonyl (C=O) groups is 1. The van der Waals surface area contributed by atoms with Gasteiger partial charge in [-0.05, 0) is 49.9 Å². The van der Waals surface area contributed by atoms with Gasteiger partial charge in [0.1, 0.15) is 17.4 Å². The van der Waals surface area contributed by atoms with Gasteiger partial charge < -0.3 is 9.84 Å². The lowest BCUT2D eigenvalue weighted by Gasteiger charge is -2.26. The van der Waals surface area contributed by atoms with Gasteiger partial charge in [0.2, 0.25) is 11.7 Å². The fourth-order valence-corrected chi connectivity index (χ4v) is 3.86. The van der Waals surface area contributed by atoms with Gasteiger partial charge in [-0.3, -0.25) is 14.2 Å². The Morgan fingerprint density at radius 1 is 1.29 bits per heavy atom. The first-order chi connectivity index (χ1) is 13.4. The first kappa shape index (κ1) is 19.7. The van der Waals surface area contributed by atoms with Crippen LogP contribution in [0.15, 0.2) is 29.1 Å². The number of aromatic hydroxyl groups is 1. The number of benzene rings is 1. The highest BCUT2D eigenvalue weighted by molar-refractivity contribution is 6.01. The van der Waals surface area contributed by atoms with E-state index in [2.05, 4.69) is 0 Å². The van der Waals surface area contributed by atoms with Gasteiger partial charge in [0, 0.05) is 6.04 Å². The molecule has 2 aromatic rings. The molecule has 1 aliphatic carbocycles. The number of rotatable bonds is 5. The molecule has 1 aromatic carbocycles. The molecule has 0 bridgehead atoms. The highest BCUT2D eigenvalue weighted by Gasteiger charge is 2.28. The third kappa shape index (κ3) is 3.79. The van der Waals surface area contributed by atoms with Gasteiger partial charge in [-0.25, -0.2) is 0 Å². The summed E-state index contributed by atoms with van der Waals surface area (Å²) in [4.78, 5) is 25.6. The Hall–Kier alpha value is -3.07. The van der Waals surface area contributed by atoms with Crippen LogP contribution in [0.4, 0.5) is 0 Å². The van der Waals surface area contributed by atoms with Crippen LogP contribution < -0.4 is 10.3 Å². The molecule has 1 saturated carbocycles. The lowest BCUT2D eigenvalue weighted by molar-refractivity contribution is 0.0915. The van der Waals surface area contributed by atoms with Gasteiger partial charge in [-0.1, -0.05) is 31.4 Å². The molecule has 28 heavy (non-hydrogen) atoms. The number of carbonyl (C=O) groups excluding carboxylic acids is 1. The van der Waals surface area contributed by atoms with Crippen LogP contribution in [0.1, 0.15) is 65.2 Å². The lowest BCUT2D eigenvalue weighted by atomic mass is 9.93. The summed E-state index contributed by atoms with van der Waals surface area (Å²) >= 11 is 0. The van der Waals surface area contributed by atoms with Crippen LogP contribution in [0.3, 0.4) is 0 Å². The van der Waals surface area contributed by atoms with Crippen LogP contribution in [0.25, 0.3) is 0 Å². The van der Waals surface area contributed by atoms with Crippen molar-refractivity contribution in [2.75, 3.05) is 6.61 Å². The minimum atomic E-state index is -0.527. The van der Waals surface area contributed by atoms with Gasteiger partial charge in [-0.2, -0.15) is 5.26 Å². The average molecular weight is 380 g/mol. The van der Waals surface area contributed by atoms with E-state index < -0.39 is 11.3 Å². The number of aryl methyl sites for hydroxylation is 1. The molecule has 1 N–H and O–H groups in total. The maximum atomic E-state index is 12.8. The molecule has 1 aromatic heterocycles. The molecule has 0 amide bonds. The summed E-state index contributed by atoms with van der Waals surface area (Å²) in [7, 11) is 0. The Kier molecular flexibility index (Phi) is 5.84. The highest BCUT2D eigenvalue weighted by atomic mass is 16.5. The molecule has 0 spiro atoms. The van der Waals surface area contributed by atoms with E-state index in [0.29, 0.717) is 5.75 Å². The van der Waals surface area contributed by atoms with Gasteiger partial charge in [0.15, 0.2) is 6.61 Å². The molecule has 0 atom stereocenters. The minimum Gasteiger partial charge on any atom is -0.494 e. The number of nitriles is 1. The molecule has 6 nitrogen and oxygen atoms in total. The smallest absolute Gasteiger partial charge is 0.271 e. The van der Waals surface area contributed by atoms with Gasteiger partial charge in [-0.15, -0.1) is 0 Å². The summed E-state index contributed by atoms with van der Waals surface area (Å²) in [5.41, 5.74) is 0.578. The Labute approximate surface area is 164 Å². The van der Waals surface area contributed by atoms with Gasteiger partial charge in [0.25, 0.3) is 5.56 Å². The van der Waals surface area contributed by atoms with Gasteiger partial charge in [0.05, 0.1) is 5.56 Å². The third-order valence-electron chi connectivity index (χ3n) is 5.32. The predicted octanol–water partition coefficient (Wildman–Crippen LogP) is 3.81. The molecule has 1 aliphatic rings. The quantitative estimate of drug-likeness (QED) is 0.796. The normalized spacial score (nSPS) is 14.5. The summed E-state index contributed by atoms with van der Waals surface area (Å²) < 4.78 is 6.81. The second kappa shape index (κ2) is 8.30. The maximum absolute atomic E-state index is 12.8. The summed E-state index contributed by atoms with van der Waals surface area (Å²) in [5.74, 6) is -0.268. The molecule has 0 unspecified atom stereocenters. The molecule has 1 heterocycles. The van der Waals surface area contributed by atoms with Crippen LogP contribution in [-0.2, 0) is 0 Å². The second-order valence-corrected chi connectivity index (χ2v) is 7.31. The molecule has 1 fully saturated rings. The number of ketones is 1. The molecule has 6 heteroatoms. The highest BCUT2D eigenvalue weighted by Crippen LogP contribution is 2.33. The van der Waals surface area contributed by atoms with Crippen LogP contribution in [0.5, 0.6) is 11.6 Å². The van der Waals surface area contributed by atoms with Crippen molar-refractivity contribution in [2.45, 2.75) is 52.0 Å². The molecule has 3 rings (SSSR count). The molecule has 0 aliphatic heterocycles. The zero-order valence-electron chi connectivity index (χ0n) is 16.2. The number of pyridine rings is 1. The molecular formula is C22H24N2O4. The first-order valence-corrected chi connectivity index (χ1v) is 9.55. The average Bonchev–Trinajstić information content (AvgIpc) is 2.67. The number of hydrogen-bond donors (Lipinski definition) is 1. The van der Waals surface area contributed by atoms with Crippen LogP contribution in [0, 0.1) is 25.2 Å². The van der Waals surface area contributed by atoms with Crippen molar-refractivity contribution < 1.29 is 14.6 Å². The van der Waals surface area contributed by atoms with E-state index in [1.54, 1.807) is 6.07 Å². The zero-order valence-corrected chi connectivity index (χ0v) is 16.2. The lowest BCUT2D eigenvalue weighted by Crippen LogP contribution is -2.31. The Bertz CT molecular complexity index is 995. The van der Waals surface area contributed by atoms with E-state index in [0.717, 1.165) is 37.7 Å². The Balaban J connectivity index is 1.98. The number of nitrogens with zero attached hydrogens (tertiary/aromatic N) is 2. The van der Waals surface area contributed by atoms with E-state index in [9.17, 15) is 20.0 Å². The van der Waals surface area contributed by atoms with E-state index >= 15 is 0 Å². The maximum Gasteiger partial charge on any atom is 0.271 e.